The Morgan fingerprint density at radius 1 is 0.290 bits per heavy atom. The molecule has 0 aliphatic carbocycles. The third-order valence-corrected chi connectivity index (χ3v) is 13.6. The van der Waals surface area contributed by atoms with Crippen LogP contribution in [0.4, 0.5) is 0 Å². The molecule has 0 rings (SSSR count). The van der Waals surface area contributed by atoms with Gasteiger partial charge >= 0.3 is 17.9 Å². The molecule has 0 spiro atoms. The van der Waals surface area contributed by atoms with Crippen molar-refractivity contribution in [3.8, 4) is 0 Å². The highest BCUT2D eigenvalue weighted by Gasteiger charge is 2.19. The Kier molecular flexibility index (Phi) is 56.2. The van der Waals surface area contributed by atoms with Crippen molar-refractivity contribution in [2.75, 3.05) is 13.2 Å². The van der Waals surface area contributed by atoms with E-state index < -0.39 is 6.10 Å². The zero-order valence-corrected chi connectivity index (χ0v) is 46.3. The minimum absolute atomic E-state index is 0.0721. The van der Waals surface area contributed by atoms with Gasteiger partial charge < -0.3 is 14.2 Å². The molecule has 0 amide bonds. The van der Waals surface area contributed by atoms with Crippen molar-refractivity contribution in [3.63, 3.8) is 0 Å². The monoisotopic (exact) mass is 969 g/mol. The van der Waals surface area contributed by atoms with Crippen LogP contribution in [-0.4, -0.2) is 37.2 Å². The number of hydrogen-bond acceptors (Lipinski definition) is 6. The number of esters is 3. The first kappa shape index (κ1) is 66.6. The van der Waals surface area contributed by atoms with E-state index in [0.717, 1.165) is 83.5 Å². The van der Waals surface area contributed by atoms with Gasteiger partial charge in [0.15, 0.2) is 6.10 Å². The fraction of sp³-hybridized carbons (Fsp3) is 0.857. The number of allylic oxidation sites excluding steroid dienone is 6. The van der Waals surface area contributed by atoms with Crippen molar-refractivity contribution in [2.45, 2.75) is 335 Å². The molecule has 6 nitrogen and oxygen atoms in total. The molecule has 0 aliphatic rings. The number of unbranched alkanes of at least 4 members (excludes halogenated alkanes) is 39. The minimum atomic E-state index is -0.769. The third-order valence-electron chi connectivity index (χ3n) is 13.6. The third kappa shape index (κ3) is 56.4. The number of rotatable bonds is 56. The maximum absolute atomic E-state index is 12.8. The number of carbonyl (C=O) groups is 3. The van der Waals surface area contributed by atoms with Gasteiger partial charge in [-0.05, 0) is 57.8 Å². The average molecular weight is 970 g/mol. The van der Waals surface area contributed by atoms with Gasteiger partial charge in [0.1, 0.15) is 13.2 Å². The van der Waals surface area contributed by atoms with E-state index in [0.29, 0.717) is 19.3 Å². The van der Waals surface area contributed by atoms with Gasteiger partial charge in [-0.3, -0.25) is 14.4 Å². The second kappa shape index (κ2) is 58.2. The smallest absolute Gasteiger partial charge is 0.306 e. The maximum atomic E-state index is 12.8. The Morgan fingerprint density at radius 2 is 0.522 bits per heavy atom. The molecule has 0 radical (unpaired) electrons. The largest absolute Gasteiger partial charge is 0.462 e. The first-order chi connectivity index (χ1) is 34.0. The Bertz CT molecular complexity index is 1160. The second-order valence-electron chi connectivity index (χ2n) is 20.6. The molecule has 1 unspecified atom stereocenters. The normalized spacial score (nSPS) is 12.2. The molecule has 69 heavy (non-hydrogen) atoms. The highest BCUT2D eigenvalue weighted by atomic mass is 16.6. The van der Waals surface area contributed by atoms with Gasteiger partial charge in [-0.15, -0.1) is 0 Å². The van der Waals surface area contributed by atoms with E-state index in [1.165, 1.54) is 205 Å². The Labute approximate surface area is 429 Å². The molecule has 404 valence electrons. The van der Waals surface area contributed by atoms with E-state index in [9.17, 15) is 14.4 Å². The van der Waals surface area contributed by atoms with Crippen LogP contribution in [-0.2, 0) is 28.6 Å². The standard InChI is InChI=1S/C63H116O6/c1-4-7-10-13-15-17-19-21-23-25-27-29-31-33-35-37-39-41-43-45-47-50-53-56-62(65)68-59-60(58-67-61(64)55-52-49-12-9-6-3)69-63(66)57-54-51-48-46-44-42-40-38-36-34-32-30-28-26-24-22-20-18-16-14-11-8-5-2/h19,21,25,27,31,33,60H,4-18,20,22-24,26,28-30,32,34-59H2,1-3H3/b21-19-,27-25-,33-31-. The van der Waals surface area contributed by atoms with E-state index in [2.05, 4.69) is 57.2 Å². The zero-order valence-electron chi connectivity index (χ0n) is 46.3. The van der Waals surface area contributed by atoms with E-state index in [-0.39, 0.29) is 31.1 Å². The average Bonchev–Trinajstić information content (AvgIpc) is 3.35. The Balaban J connectivity index is 4.05. The Morgan fingerprint density at radius 3 is 0.812 bits per heavy atom. The van der Waals surface area contributed by atoms with Crippen LogP contribution in [0.2, 0.25) is 0 Å². The Hall–Kier alpha value is -2.37. The molecule has 0 aromatic carbocycles. The molecule has 6 heteroatoms. The van der Waals surface area contributed by atoms with Gasteiger partial charge in [0.05, 0.1) is 0 Å². The molecule has 1 atom stereocenters. The lowest BCUT2D eigenvalue weighted by atomic mass is 10.0. The summed E-state index contributed by atoms with van der Waals surface area (Å²) >= 11 is 0. The summed E-state index contributed by atoms with van der Waals surface area (Å²) in [6, 6.07) is 0. The molecule has 0 aliphatic heterocycles. The van der Waals surface area contributed by atoms with Crippen molar-refractivity contribution in [3.05, 3.63) is 36.5 Å². The van der Waals surface area contributed by atoms with Gasteiger partial charge in [-0.25, -0.2) is 0 Å². The maximum Gasteiger partial charge on any atom is 0.306 e. The summed E-state index contributed by atoms with van der Waals surface area (Å²) in [5, 5.41) is 0. The van der Waals surface area contributed by atoms with Crippen LogP contribution in [0.5, 0.6) is 0 Å². The lowest BCUT2D eigenvalue weighted by Crippen LogP contribution is -2.30. The van der Waals surface area contributed by atoms with Crippen molar-refractivity contribution in [1.82, 2.24) is 0 Å². The highest BCUT2D eigenvalue weighted by molar-refractivity contribution is 5.71. The molecule has 0 bridgehead atoms. The fourth-order valence-corrected chi connectivity index (χ4v) is 9.04. The summed E-state index contributed by atoms with van der Waals surface area (Å²) in [7, 11) is 0. The minimum Gasteiger partial charge on any atom is -0.462 e. The molecule has 0 aromatic rings. The summed E-state index contributed by atoms with van der Waals surface area (Å²) in [5.41, 5.74) is 0. The molecular formula is C63H116O6. The molecular weight excluding hydrogens is 853 g/mol. The molecule has 0 N–H and O–H groups in total. The summed E-state index contributed by atoms with van der Waals surface area (Å²) in [5.74, 6) is -0.875. The van der Waals surface area contributed by atoms with Gasteiger partial charge in [0.25, 0.3) is 0 Å². The highest BCUT2D eigenvalue weighted by Crippen LogP contribution is 2.17. The van der Waals surface area contributed by atoms with Gasteiger partial charge in [0.2, 0.25) is 0 Å². The summed E-state index contributed by atoms with van der Waals surface area (Å²) in [4.78, 5) is 37.9. The molecule has 0 fully saturated rings. The summed E-state index contributed by atoms with van der Waals surface area (Å²) in [6.07, 6.45) is 70.5. The van der Waals surface area contributed by atoms with Crippen LogP contribution in [0.3, 0.4) is 0 Å². The zero-order chi connectivity index (χ0) is 50.0. The predicted octanol–water partition coefficient (Wildman–Crippen LogP) is 20.4. The van der Waals surface area contributed by atoms with Crippen molar-refractivity contribution in [2.24, 2.45) is 0 Å². The van der Waals surface area contributed by atoms with Crippen LogP contribution in [0.1, 0.15) is 329 Å². The van der Waals surface area contributed by atoms with Crippen molar-refractivity contribution in [1.29, 1.82) is 0 Å². The lowest BCUT2D eigenvalue weighted by Gasteiger charge is -2.18. The topological polar surface area (TPSA) is 78.9 Å². The van der Waals surface area contributed by atoms with Crippen molar-refractivity contribution >= 4 is 17.9 Å². The van der Waals surface area contributed by atoms with Crippen LogP contribution in [0.15, 0.2) is 36.5 Å². The van der Waals surface area contributed by atoms with E-state index in [1.807, 2.05) is 0 Å². The lowest BCUT2D eigenvalue weighted by molar-refractivity contribution is -0.167. The van der Waals surface area contributed by atoms with Crippen LogP contribution in [0.25, 0.3) is 0 Å². The summed E-state index contributed by atoms with van der Waals surface area (Å²) < 4.78 is 16.8. The number of ether oxygens (including phenoxy) is 3. The summed E-state index contributed by atoms with van der Waals surface area (Å²) in [6.45, 7) is 6.59. The predicted molar refractivity (Wildman–Crippen MR) is 298 cm³/mol. The van der Waals surface area contributed by atoms with Gasteiger partial charge in [-0.1, -0.05) is 288 Å². The van der Waals surface area contributed by atoms with E-state index in [1.54, 1.807) is 0 Å². The molecule has 0 saturated carbocycles. The van der Waals surface area contributed by atoms with Crippen molar-refractivity contribution < 1.29 is 28.6 Å². The van der Waals surface area contributed by atoms with Crippen LogP contribution < -0.4 is 0 Å². The second-order valence-corrected chi connectivity index (χ2v) is 20.6. The van der Waals surface area contributed by atoms with Crippen LogP contribution >= 0.6 is 0 Å². The van der Waals surface area contributed by atoms with Gasteiger partial charge in [-0.2, -0.15) is 0 Å². The van der Waals surface area contributed by atoms with Crippen LogP contribution in [0, 0.1) is 0 Å². The van der Waals surface area contributed by atoms with E-state index >= 15 is 0 Å². The molecule has 0 heterocycles. The SMILES string of the molecule is CCCCCCC/C=C\C/C=C\C/C=C\CCCCCCCCCCC(=O)OCC(COC(=O)CCCCCCC)OC(=O)CCCCCCCCCCCCCCCCCCCCCCCCC. The quantitative estimate of drug-likeness (QED) is 0.0261. The fourth-order valence-electron chi connectivity index (χ4n) is 9.04. The molecule has 0 aromatic heterocycles. The molecule has 0 saturated heterocycles. The first-order valence-electron chi connectivity index (χ1n) is 30.5. The first-order valence-corrected chi connectivity index (χ1v) is 30.5. The van der Waals surface area contributed by atoms with E-state index in [4.69, 9.17) is 14.2 Å². The number of hydrogen-bond donors (Lipinski definition) is 0. The van der Waals surface area contributed by atoms with Gasteiger partial charge in [0, 0.05) is 19.3 Å². The number of carbonyl (C=O) groups excluding carboxylic acids is 3.